The third-order valence-electron chi connectivity index (χ3n) is 14.7. The molecule has 2 atom stereocenters. The molecule has 1 N–H and O–H groups in total. The molecule has 0 saturated heterocycles. The number of rotatable bonds is 44. The lowest BCUT2D eigenvalue weighted by Gasteiger charge is -2.32. The first kappa shape index (κ1) is 68.4. The van der Waals surface area contributed by atoms with Crippen molar-refractivity contribution in [3.63, 3.8) is 0 Å². The topological polar surface area (TPSA) is 55.8 Å². The van der Waals surface area contributed by atoms with Crippen molar-refractivity contribution in [1.29, 1.82) is 0 Å². The number of hydrogen-bond acceptors (Lipinski definition) is 3. The highest BCUT2D eigenvalue weighted by molar-refractivity contribution is 7.47. The van der Waals surface area contributed by atoms with Crippen molar-refractivity contribution in [2.45, 2.75) is 301 Å². The Morgan fingerprint density at radius 2 is 0.671 bits per heavy atom. The molecule has 2 unspecified atom stereocenters. The Bertz CT molecular complexity index is 1610. The van der Waals surface area contributed by atoms with Crippen molar-refractivity contribution in [2.24, 2.45) is 5.92 Å². The van der Waals surface area contributed by atoms with Crippen molar-refractivity contribution in [2.75, 3.05) is 6.61 Å². The molecule has 0 aliphatic carbocycles. The Morgan fingerprint density at radius 1 is 0.414 bits per heavy atom. The summed E-state index contributed by atoms with van der Waals surface area (Å²) in [6.45, 7) is 27.3. The number of unbranched alkanes of at least 4 members (excludes halogenated alkanes) is 21. The standard InChI is InChI=1S/C64H113O4P.Al.3H/c1-13-24-30-35-40-46-54(19-7)59-60(55(20-8)47-41-36-31-25-14-2)62(57(22-10)49-43-38-33-27-16-4)64(68-69(65,66)67-52-51-53(12)45-29-18-6)63(58(23-11)50-44-39-34-28-17-5)61(59)56(21-9)48-42-37-32-26-15-3;;;;/h19-23,53H,13-18,24-52H2,1-12H3,(H,65,66);;;;/b54-19-,55-20-,56-21-,57-22-,58-23-;;;;. The van der Waals surface area contributed by atoms with Gasteiger partial charge in [-0.1, -0.05) is 227 Å². The van der Waals surface area contributed by atoms with E-state index in [9.17, 15) is 9.46 Å². The first-order valence-corrected chi connectivity index (χ1v) is 31.2. The van der Waals surface area contributed by atoms with Gasteiger partial charge in [0.15, 0.2) is 17.4 Å². The molecule has 70 heavy (non-hydrogen) atoms. The van der Waals surface area contributed by atoms with Crippen molar-refractivity contribution in [3.8, 4) is 5.75 Å². The maximum atomic E-state index is 15.0. The summed E-state index contributed by atoms with van der Waals surface area (Å²) in [6.07, 6.45) is 50.6. The number of benzene rings is 1. The summed E-state index contributed by atoms with van der Waals surface area (Å²) >= 11 is 0. The van der Waals surface area contributed by atoms with E-state index >= 15 is 0 Å². The van der Waals surface area contributed by atoms with Gasteiger partial charge in [0.05, 0.1) is 6.61 Å². The lowest BCUT2D eigenvalue weighted by atomic mass is 9.74. The molecule has 0 aromatic heterocycles. The minimum Gasteiger partial charge on any atom is -0.403 e. The minimum atomic E-state index is -4.60. The Labute approximate surface area is 447 Å². The van der Waals surface area contributed by atoms with Crippen molar-refractivity contribution in [1.82, 2.24) is 0 Å². The van der Waals surface area contributed by atoms with E-state index < -0.39 is 7.82 Å². The molecule has 6 heteroatoms. The molecular formula is C64H116AlO4P. The fourth-order valence-corrected chi connectivity index (χ4v) is 11.1. The Balaban J connectivity index is 0.0000476. The van der Waals surface area contributed by atoms with Crippen molar-refractivity contribution >= 4 is 53.0 Å². The van der Waals surface area contributed by atoms with E-state index in [4.69, 9.17) is 9.05 Å². The molecule has 0 spiro atoms. The van der Waals surface area contributed by atoms with Gasteiger partial charge < -0.3 is 4.52 Å². The highest BCUT2D eigenvalue weighted by Gasteiger charge is 2.36. The second-order valence-electron chi connectivity index (χ2n) is 20.5. The van der Waals surface area contributed by atoms with Crippen LogP contribution in [0.5, 0.6) is 5.75 Å². The molecule has 4 nitrogen and oxygen atoms in total. The number of hydrogen-bond donors (Lipinski definition) is 1. The predicted molar refractivity (Wildman–Crippen MR) is 321 cm³/mol. The van der Waals surface area contributed by atoms with Gasteiger partial charge in [-0.25, -0.2) is 4.57 Å². The molecule has 0 amide bonds. The van der Waals surface area contributed by atoms with E-state index in [-0.39, 0.29) is 24.0 Å². The largest absolute Gasteiger partial charge is 0.527 e. The van der Waals surface area contributed by atoms with Gasteiger partial charge in [-0.2, -0.15) is 0 Å². The molecule has 1 rings (SSSR count). The maximum Gasteiger partial charge on any atom is 0.527 e. The van der Waals surface area contributed by atoms with Gasteiger partial charge in [-0.05, 0) is 156 Å². The number of phosphoric ester groups is 1. The van der Waals surface area contributed by atoms with Crippen LogP contribution in [0.25, 0.3) is 27.9 Å². The van der Waals surface area contributed by atoms with Gasteiger partial charge in [0.1, 0.15) is 5.75 Å². The van der Waals surface area contributed by atoms with Crippen LogP contribution in [0.1, 0.15) is 329 Å². The van der Waals surface area contributed by atoms with Gasteiger partial charge in [0, 0.05) is 11.1 Å². The van der Waals surface area contributed by atoms with Crippen LogP contribution in [-0.4, -0.2) is 28.9 Å². The molecule has 1 aromatic carbocycles. The van der Waals surface area contributed by atoms with E-state index in [1.165, 1.54) is 160 Å². The quantitative estimate of drug-likeness (QED) is 0.0402. The smallest absolute Gasteiger partial charge is 0.403 e. The van der Waals surface area contributed by atoms with Gasteiger partial charge in [0.2, 0.25) is 0 Å². The van der Waals surface area contributed by atoms with E-state index in [2.05, 4.69) is 113 Å². The molecule has 0 aliphatic heterocycles. The van der Waals surface area contributed by atoms with Crippen LogP contribution in [-0.2, 0) is 9.09 Å². The van der Waals surface area contributed by atoms with Crippen LogP contribution in [0, 0.1) is 5.92 Å². The van der Waals surface area contributed by atoms with Crippen LogP contribution in [0.15, 0.2) is 30.4 Å². The van der Waals surface area contributed by atoms with Crippen LogP contribution in [0.4, 0.5) is 0 Å². The van der Waals surface area contributed by atoms with Gasteiger partial charge in [-0.15, -0.1) is 0 Å². The molecule has 0 bridgehead atoms. The fourth-order valence-electron chi connectivity index (χ4n) is 10.3. The minimum absolute atomic E-state index is 0. The second-order valence-corrected chi connectivity index (χ2v) is 21.9. The van der Waals surface area contributed by atoms with Gasteiger partial charge in [-0.3, -0.25) is 9.42 Å². The van der Waals surface area contributed by atoms with Crippen LogP contribution < -0.4 is 4.52 Å². The second kappa shape index (κ2) is 43.8. The maximum absolute atomic E-state index is 15.0. The summed E-state index contributed by atoms with van der Waals surface area (Å²) in [6, 6.07) is 0. The third kappa shape index (κ3) is 26.6. The first-order chi connectivity index (χ1) is 33.5. The summed E-state index contributed by atoms with van der Waals surface area (Å²) in [5, 5.41) is 0. The normalized spacial score (nSPS) is 14.3. The van der Waals surface area contributed by atoms with Gasteiger partial charge >= 0.3 is 7.82 Å². The number of phosphoric acid groups is 1. The molecule has 0 fully saturated rings. The summed E-state index contributed by atoms with van der Waals surface area (Å²) in [7, 11) is -4.60. The van der Waals surface area contributed by atoms with Crippen LogP contribution in [0.2, 0.25) is 0 Å². The van der Waals surface area contributed by atoms with E-state index in [1.54, 1.807) is 0 Å². The molecule has 0 radical (unpaired) electrons. The average molecular weight is 1010 g/mol. The summed E-state index contributed by atoms with van der Waals surface area (Å²) in [5.41, 5.74) is 12.4. The molecule has 0 heterocycles. The summed E-state index contributed by atoms with van der Waals surface area (Å²) in [4.78, 5) is 12.2. The zero-order chi connectivity index (χ0) is 51.1. The van der Waals surface area contributed by atoms with E-state index in [0.717, 1.165) is 114 Å². The van der Waals surface area contributed by atoms with Crippen LogP contribution in [0.3, 0.4) is 0 Å². The third-order valence-corrected chi connectivity index (χ3v) is 15.6. The molecule has 0 aliphatic rings. The van der Waals surface area contributed by atoms with E-state index in [1.807, 2.05) is 0 Å². The monoisotopic (exact) mass is 1010 g/mol. The Morgan fingerprint density at radius 3 is 0.943 bits per heavy atom. The van der Waals surface area contributed by atoms with Crippen molar-refractivity contribution in [3.05, 3.63) is 58.2 Å². The molecule has 0 saturated carbocycles. The van der Waals surface area contributed by atoms with E-state index in [0.29, 0.717) is 11.7 Å². The lowest BCUT2D eigenvalue weighted by molar-refractivity contribution is 0.190. The molecule has 404 valence electrons. The zero-order valence-corrected chi connectivity index (χ0v) is 48.7. The summed E-state index contributed by atoms with van der Waals surface area (Å²) in [5.74, 6) is 0.981. The highest BCUT2D eigenvalue weighted by atomic mass is 31.2. The molecule has 1 aromatic rings. The van der Waals surface area contributed by atoms with Gasteiger partial charge in [0.25, 0.3) is 0 Å². The predicted octanol–water partition coefficient (Wildman–Crippen LogP) is 22.0. The fraction of sp³-hybridized carbons (Fsp3) is 0.750. The summed E-state index contributed by atoms with van der Waals surface area (Å²) < 4.78 is 28.1. The SMILES string of the molecule is C/C=C(/CCCCCCC)c1c(OP(=O)(O)OCCC(C)CCCC)c(/C(=C\C)CCCCCCC)c(/C(=C\C)CCCCCCC)c(/C(=C\C)CCCCCCC)c1/C(=C\C)CCCCCCC.[AlH3]. The Kier molecular flexibility index (Phi) is 42.8. The number of allylic oxidation sites excluding steroid dienone is 10. The average Bonchev–Trinajstić information content (AvgIpc) is 3.34. The van der Waals surface area contributed by atoms with Crippen LogP contribution >= 0.6 is 7.82 Å². The lowest BCUT2D eigenvalue weighted by Crippen LogP contribution is -2.14. The first-order valence-electron chi connectivity index (χ1n) is 29.7. The Hall–Kier alpha value is -1.60. The van der Waals surface area contributed by atoms with Crippen molar-refractivity contribution < 1.29 is 18.5 Å². The highest BCUT2D eigenvalue weighted by Crippen LogP contribution is 2.56. The zero-order valence-electron chi connectivity index (χ0n) is 47.8. The molecular weight excluding hydrogens is 891 g/mol.